The molecule has 0 aliphatic carbocycles. The summed E-state index contributed by atoms with van der Waals surface area (Å²) in [6.45, 7) is -0.242. The van der Waals surface area contributed by atoms with Gasteiger partial charge in [-0.1, -0.05) is 64.5 Å². The predicted molar refractivity (Wildman–Crippen MR) is 139 cm³/mol. The highest BCUT2D eigenvalue weighted by Crippen LogP contribution is 2.43. The van der Waals surface area contributed by atoms with Gasteiger partial charge in [0.1, 0.15) is 12.2 Å². The summed E-state index contributed by atoms with van der Waals surface area (Å²) in [6, 6.07) is 10.7. The summed E-state index contributed by atoms with van der Waals surface area (Å²) in [5, 5.41) is 1.60. The number of H-pyrrole nitrogens is 1. The predicted octanol–water partition coefficient (Wildman–Crippen LogP) is 5.19. The number of alkyl halides is 1. The molecular formula is C25H19Cl4FN2O5. The highest BCUT2D eigenvalue weighted by atomic mass is 35.5. The maximum Gasteiger partial charge on any atom is 0.330 e. The Morgan fingerprint density at radius 2 is 1.65 bits per heavy atom. The van der Waals surface area contributed by atoms with Crippen molar-refractivity contribution in [2.75, 3.05) is 6.61 Å². The number of rotatable bonds is 8. The Bertz CT molecular complexity index is 1460. The first-order valence-corrected chi connectivity index (χ1v) is 12.3. The molecule has 1 N–H and O–H groups in total. The van der Waals surface area contributed by atoms with Crippen molar-refractivity contribution in [3.05, 3.63) is 101 Å². The van der Waals surface area contributed by atoms with Crippen molar-refractivity contribution in [2.45, 2.75) is 37.3 Å². The Morgan fingerprint density at radius 3 is 2.22 bits per heavy atom. The van der Waals surface area contributed by atoms with E-state index in [9.17, 15) is 9.59 Å². The Hall–Kier alpha value is -2.35. The lowest BCUT2D eigenvalue weighted by atomic mass is 9.96. The SMILES string of the molecule is C#C[C@@]1(F)C(n2ccc(=O)[nH]c2=O)O[C@H](COCc2ccc(Cl)cc2Cl)[C@H]1OCc1ccc(Cl)cc1Cl. The second kappa shape index (κ2) is 11.6. The number of ether oxygens (including phenoxy) is 3. The zero-order valence-corrected chi connectivity index (χ0v) is 22.0. The summed E-state index contributed by atoms with van der Waals surface area (Å²) < 4.78 is 34.8. The van der Waals surface area contributed by atoms with Gasteiger partial charge in [-0.15, -0.1) is 6.42 Å². The standard InChI is InChI=1S/C25H19Cl4FN2O5/c1-2-25(30)22(36-12-15-4-6-17(27)10-19(15)29)20(13-35-11-14-3-5-16(26)9-18(14)28)37-23(25)32-8-7-21(33)31-24(32)34/h1,3-10,20,22-23H,11-13H2,(H,31,33,34)/t20-,22-,23?,25+/m1/s1. The molecule has 1 unspecified atom stereocenters. The van der Waals surface area contributed by atoms with Crippen molar-refractivity contribution in [1.82, 2.24) is 9.55 Å². The first kappa shape index (κ1) is 27.7. The number of aromatic nitrogens is 2. The van der Waals surface area contributed by atoms with Gasteiger partial charge in [0.15, 0.2) is 6.23 Å². The van der Waals surface area contributed by atoms with E-state index in [1.54, 1.807) is 30.3 Å². The van der Waals surface area contributed by atoms with Crippen molar-refractivity contribution >= 4 is 46.4 Å². The van der Waals surface area contributed by atoms with E-state index in [4.69, 9.17) is 67.0 Å². The molecular weight excluding hydrogens is 569 g/mol. The van der Waals surface area contributed by atoms with Crippen LogP contribution in [0.15, 0.2) is 58.3 Å². The Labute approximate surface area is 231 Å². The fourth-order valence-corrected chi connectivity index (χ4v) is 4.80. The smallest absolute Gasteiger partial charge is 0.330 e. The minimum Gasteiger partial charge on any atom is -0.374 e. The van der Waals surface area contributed by atoms with Gasteiger partial charge in [-0.3, -0.25) is 14.3 Å². The number of nitrogens with one attached hydrogen (secondary N) is 1. The number of aromatic amines is 1. The third-order valence-corrected chi connectivity index (χ3v) is 6.90. The molecule has 1 fully saturated rings. The van der Waals surface area contributed by atoms with E-state index in [1.807, 2.05) is 0 Å². The van der Waals surface area contributed by atoms with Crippen LogP contribution >= 0.6 is 46.4 Å². The van der Waals surface area contributed by atoms with Crippen molar-refractivity contribution in [3.63, 3.8) is 0 Å². The first-order valence-electron chi connectivity index (χ1n) is 10.8. The van der Waals surface area contributed by atoms with Gasteiger partial charge in [0, 0.05) is 32.4 Å². The number of halogens is 5. The van der Waals surface area contributed by atoms with E-state index in [-0.39, 0.29) is 19.8 Å². The molecule has 0 spiro atoms. The van der Waals surface area contributed by atoms with Crippen LogP contribution in [0.5, 0.6) is 0 Å². The van der Waals surface area contributed by atoms with Gasteiger partial charge in [-0.2, -0.15) is 0 Å². The molecule has 37 heavy (non-hydrogen) atoms. The molecule has 12 heteroatoms. The van der Waals surface area contributed by atoms with Gasteiger partial charge in [-0.05, 0) is 35.4 Å². The average Bonchev–Trinajstić information content (AvgIpc) is 3.11. The van der Waals surface area contributed by atoms with Crippen molar-refractivity contribution in [2.24, 2.45) is 0 Å². The van der Waals surface area contributed by atoms with Crippen molar-refractivity contribution < 1.29 is 18.6 Å². The molecule has 3 aromatic rings. The lowest BCUT2D eigenvalue weighted by Gasteiger charge is -2.27. The summed E-state index contributed by atoms with van der Waals surface area (Å²) >= 11 is 24.3. The third kappa shape index (κ3) is 6.05. The van der Waals surface area contributed by atoms with Crippen LogP contribution < -0.4 is 11.2 Å². The van der Waals surface area contributed by atoms with Gasteiger partial charge in [-0.25, -0.2) is 9.18 Å². The summed E-state index contributed by atoms with van der Waals surface area (Å²) in [6.07, 6.45) is 2.67. The maximum absolute atomic E-state index is 16.4. The zero-order chi connectivity index (χ0) is 26.7. The number of nitrogens with zero attached hydrogens (tertiary/aromatic N) is 1. The number of hydrogen-bond acceptors (Lipinski definition) is 5. The largest absolute Gasteiger partial charge is 0.374 e. The zero-order valence-electron chi connectivity index (χ0n) is 18.9. The molecule has 1 aliphatic rings. The monoisotopic (exact) mass is 586 g/mol. The van der Waals surface area contributed by atoms with E-state index >= 15 is 4.39 Å². The van der Waals surface area contributed by atoms with Crippen molar-refractivity contribution in [1.29, 1.82) is 0 Å². The van der Waals surface area contributed by atoms with Crippen LogP contribution in [0.4, 0.5) is 4.39 Å². The molecule has 0 amide bonds. The van der Waals surface area contributed by atoms with Crippen molar-refractivity contribution in [3.8, 4) is 12.3 Å². The van der Waals surface area contributed by atoms with Crippen LogP contribution in [-0.4, -0.2) is 34.0 Å². The van der Waals surface area contributed by atoms with E-state index in [1.165, 1.54) is 6.07 Å². The van der Waals surface area contributed by atoms with Crippen LogP contribution in [0.2, 0.25) is 20.1 Å². The molecule has 0 radical (unpaired) electrons. The van der Waals surface area contributed by atoms with Gasteiger partial charge < -0.3 is 14.2 Å². The number of terminal acetylenes is 1. The average molecular weight is 588 g/mol. The highest BCUT2D eigenvalue weighted by Gasteiger charge is 2.59. The minimum atomic E-state index is -2.62. The quantitative estimate of drug-likeness (QED) is 0.367. The molecule has 4 atom stereocenters. The van der Waals surface area contributed by atoms with Crippen LogP contribution in [0.3, 0.4) is 0 Å². The molecule has 0 saturated carbocycles. The Morgan fingerprint density at radius 1 is 1.03 bits per heavy atom. The Balaban J connectivity index is 1.61. The molecule has 0 bridgehead atoms. The molecule has 4 rings (SSSR count). The molecule has 2 aromatic carbocycles. The van der Waals surface area contributed by atoms with Crippen LogP contribution in [0.25, 0.3) is 0 Å². The fraction of sp³-hybridized carbons (Fsp3) is 0.280. The normalized spacial score (nSPS) is 23.2. The van der Waals surface area contributed by atoms with Crippen LogP contribution in [0, 0.1) is 12.3 Å². The number of benzene rings is 2. The third-order valence-electron chi connectivity index (χ3n) is 5.73. The molecule has 2 heterocycles. The first-order chi connectivity index (χ1) is 17.6. The minimum absolute atomic E-state index is 0.0597. The molecule has 1 aliphatic heterocycles. The fourth-order valence-electron chi connectivity index (χ4n) is 3.88. The molecule has 194 valence electrons. The molecule has 7 nitrogen and oxygen atoms in total. The molecule has 1 saturated heterocycles. The van der Waals surface area contributed by atoms with E-state index in [2.05, 4.69) is 10.9 Å². The van der Waals surface area contributed by atoms with E-state index in [0.29, 0.717) is 31.2 Å². The second-order valence-electron chi connectivity index (χ2n) is 8.17. The van der Waals surface area contributed by atoms with E-state index in [0.717, 1.165) is 16.8 Å². The summed E-state index contributed by atoms with van der Waals surface area (Å²) in [7, 11) is 0. The number of hydrogen-bond donors (Lipinski definition) is 1. The summed E-state index contributed by atoms with van der Waals surface area (Å²) in [5.41, 5.74) is -3.00. The van der Waals surface area contributed by atoms with E-state index < -0.39 is 35.4 Å². The Kier molecular flexibility index (Phi) is 8.66. The molecule has 1 aromatic heterocycles. The topological polar surface area (TPSA) is 82.6 Å². The van der Waals surface area contributed by atoms with Gasteiger partial charge >= 0.3 is 5.69 Å². The van der Waals surface area contributed by atoms with Crippen LogP contribution in [-0.2, 0) is 27.4 Å². The van der Waals surface area contributed by atoms with Gasteiger partial charge in [0.25, 0.3) is 5.56 Å². The summed E-state index contributed by atoms with van der Waals surface area (Å²) in [4.78, 5) is 26.0. The maximum atomic E-state index is 16.4. The summed E-state index contributed by atoms with van der Waals surface area (Å²) in [5.74, 6) is 2.08. The van der Waals surface area contributed by atoms with Gasteiger partial charge in [0.2, 0.25) is 5.67 Å². The highest BCUT2D eigenvalue weighted by molar-refractivity contribution is 6.35. The van der Waals surface area contributed by atoms with Gasteiger partial charge in [0.05, 0.1) is 19.8 Å². The lowest BCUT2D eigenvalue weighted by Crippen LogP contribution is -2.46. The second-order valence-corrected chi connectivity index (χ2v) is 9.86. The van der Waals surface area contributed by atoms with Crippen LogP contribution in [0.1, 0.15) is 17.4 Å². The lowest BCUT2D eigenvalue weighted by molar-refractivity contribution is -0.0833.